The fraction of sp³-hybridized carbons (Fsp3) is 0.455. The third kappa shape index (κ3) is 3.12. The summed E-state index contributed by atoms with van der Waals surface area (Å²) < 4.78 is 0. The molecule has 1 aliphatic heterocycles. The summed E-state index contributed by atoms with van der Waals surface area (Å²) >= 11 is 7.74. The number of aromatic nitrogens is 1. The van der Waals surface area contributed by atoms with Crippen molar-refractivity contribution in [3.05, 3.63) is 29.0 Å². The Labute approximate surface area is 104 Å². The zero-order valence-corrected chi connectivity index (χ0v) is 10.4. The molecular formula is C11H13ClN2OS. The van der Waals surface area contributed by atoms with Crippen LogP contribution in [0.3, 0.4) is 0 Å². The van der Waals surface area contributed by atoms with Crippen LogP contribution in [0.15, 0.2) is 18.3 Å². The number of halogens is 1. The molecule has 16 heavy (non-hydrogen) atoms. The van der Waals surface area contributed by atoms with Gasteiger partial charge in [-0.2, -0.15) is 11.8 Å². The van der Waals surface area contributed by atoms with Gasteiger partial charge in [0.1, 0.15) is 5.69 Å². The first-order valence-electron chi connectivity index (χ1n) is 5.23. The first kappa shape index (κ1) is 11.7. The van der Waals surface area contributed by atoms with Gasteiger partial charge in [-0.1, -0.05) is 11.6 Å². The lowest BCUT2D eigenvalue weighted by atomic mass is 10.1. The molecule has 0 spiro atoms. The van der Waals surface area contributed by atoms with Crippen molar-refractivity contribution in [2.24, 2.45) is 5.92 Å². The average Bonchev–Trinajstić information content (AvgIpc) is 2.78. The van der Waals surface area contributed by atoms with Gasteiger partial charge in [0.25, 0.3) is 5.91 Å². The second-order valence-corrected chi connectivity index (χ2v) is 5.39. The van der Waals surface area contributed by atoms with E-state index in [1.807, 2.05) is 11.8 Å². The highest BCUT2D eigenvalue weighted by atomic mass is 35.5. The number of thioether (sulfide) groups is 1. The molecule has 0 aromatic carbocycles. The Morgan fingerprint density at radius 2 is 2.56 bits per heavy atom. The van der Waals surface area contributed by atoms with Gasteiger partial charge in [-0.3, -0.25) is 9.78 Å². The molecule has 0 aliphatic carbocycles. The number of rotatable bonds is 3. The molecule has 1 fully saturated rings. The highest BCUT2D eigenvalue weighted by molar-refractivity contribution is 7.99. The maximum Gasteiger partial charge on any atom is 0.269 e. The Bertz CT molecular complexity index is 380. The standard InChI is InChI=1S/C11H13ClN2OS/c12-9-1-3-13-10(5-9)11(15)14-6-8-2-4-16-7-8/h1,3,5,8H,2,4,6-7H2,(H,14,15). The van der Waals surface area contributed by atoms with Crippen molar-refractivity contribution in [3.8, 4) is 0 Å². The van der Waals surface area contributed by atoms with Gasteiger partial charge >= 0.3 is 0 Å². The Morgan fingerprint density at radius 1 is 1.69 bits per heavy atom. The molecule has 1 aromatic rings. The minimum Gasteiger partial charge on any atom is -0.350 e. The molecule has 1 aliphatic rings. The lowest BCUT2D eigenvalue weighted by molar-refractivity contribution is 0.0943. The third-order valence-corrected chi connectivity index (χ3v) is 4.00. The summed E-state index contributed by atoms with van der Waals surface area (Å²) in [6.07, 6.45) is 2.73. The predicted molar refractivity (Wildman–Crippen MR) is 67.0 cm³/mol. The molecule has 3 nitrogen and oxygen atoms in total. The van der Waals surface area contributed by atoms with Crippen molar-refractivity contribution in [2.75, 3.05) is 18.1 Å². The van der Waals surface area contributed by atoms with E-state index in [0.717, 1.165) is 12.3 Å². The van der Waals surface area contributed by atoms with Crippen LogP contribution in [0.1, 0.15) is 16.9 Å². The molecule has 86 valence electrons. The minimum absolute atomic E-state index is 0.139. The number of carbonyl (C=O) groups is 1. The molecule has 2 heterocycles. The molecule has 2 rings (SSSR count). The lowest BCUT2D eigenvalue weighted by Crippen LogP contribution is -2.29. The highest BCUT2D eigenvalue weighted by Gasteiger charge is 2.16. The van der Waals surface area contributed by atoms with E-state index in [9.17, 15) is 4.79 Å². The normalized spacial score (nSPS) is 19.7. The van der Waals surface area contributed by atoms with Crippen LogP contribution in [-0.4, -0.2) is 28.9 Å². The first-order chi connectivity index (χ1) is 7.75. The summed E-state index contributed by atoms with van der Waals surface area (Å²) in [4.78, 5) is 15.7. The van der Waals surface area contributed by atoms with E-state index in [1.165, 1.54) is 12.2 Å². The Morgan fingerprint density at radius 3 is 3.25 bits per heavy atom. The van der Waals surface area contributed by atoms with E-state index < -0.39 is 0 Å². The second kappa shape index (κ2) is 5.55. The molecule has 0 radical (unpaired) electrons. The molecule has 1 atom stereocenters. The van der Waals surface area contributed by atoms with Crippen molar-refractivity contribution in [2.45, 2.75) is 6.42 Å². The van der Waals surface area contributed by atoms with Crippen molar-refractivity contribution in [1.29, 1.82) is 0 Å². The smallest absolute Gasteiger partial charge is 0.269 e. The SMILES string of the molecule is O=C(NCC1CCSC1)c1cc(Cl)ccn1. The van der Waals surface area contributed by atoms with Crippen molar-refractivity contribution in [3.63, 3.8) is 0 Å². The summed E-state index contributed by atoms with van der Waals surface area (Å²) in [6.45, 7) is 0.736. The van der Waals surface area contributed by atoms with E-state index in [4.69, 9.17) is 11.6 Å². The zero-order valence-electron chi connectivity index (χ0n) is 8.78. The van der Waals surface area contributed by atoms with E-state index >= 15 is 0 Å². The molecule has 1 saturated heterocycles. The van der Waals surface area contributed by atoms with Crippen LogP contribution >= 0.6 is 23.4 Å². The fourth-order valence-electron chi connectivity index (χ4n) is 1.60. The molecule has 1 N–H and O–H groups in total. The Balaban J connectivity index is 1.87. The lowest BCUT2D eigenvalue weighted by Gasteiger charge is -2.09. The number of nitrogens with one attached hydrogen (secondary N) is 1. The number of hydrogen-bond acceptors (Lipinski definition) is 3. The summed E-state index contributed by atoms with van der Waals surface area (Å²) in [5.41, 5.74) is 0.387. The summed E-state index contributed by atoms with van der Waals surface area (Å²) in [5.74, 6) is 2.81. The zero-order chi connectivity index (χ0) is 11.4. The van der Waals surface area contributed by atoms with Gasteiger partial charge in [0.15, 0.2) is 0 Å². The fourth-order valence-corrected chi connectivity index (χ4v) is 3.05. The molecule has 1 amide bonds. The summed E-state index contributed by atoms with van der Waals surface area (Å²) in [6, 6.07) is 3.24. The van der Waals surface area contributed by atoms with Gasteiger partial charge in [0, 0.05) is 17.8 Å². The number of carbonyl (C=O) groups excluding carboxylic acids is 1. The van der Waals surface area contributed by atoms with Crippen LogP contribution in [0.25, 0.3) is 0 Å². The van der Waals surface area contributed by atoms with Gasteiger partial charge < -0.3 is 5.32 Å². The predicted octanol–water partition coefficient (Wildman–Crippen LogP) is 2.22. The molecule has 5 heteroatoms. The monoisotopic (exact) mass is 256 g/mol. The summed E-state index contributed by atoms with van der Waals surface area (Å²) in [7, 11) is 0. The van der Waals surface area contributed by atoms with E-state index in [1.54, 1.807) is 18.3 Å². The number of hydrogen-bond donors (Lipinski definition) is 1. The third-order valence-electron chi connectivity index (χ3n) is 2.53. The van der Waals surface area contributed by atoms with Gasteiger partial charge in [0.2, 0.25) is 0 Å². The minimum atomic E-state index is -0.139. The number of nitrogens with zero attached hydrogens (tertiary/aromatic N) is 1. The van der Waals surface area contributed by atoms with Crippen LogP contribution in [0, 0.1) is 5.92 Å². The summed E-state index contributed by atoms with van der Waals surface area (Å²) in [5, 5.41) is 3.43. The second-order valence-electron chi connectivity index (χ2n) is 3.80. The number of pyridine rings is 1. The Kier molecular flexibility index (Phi) is 4.07. The van der Waals surface area contributed by atoms with E-state index in [2.05, 4.69) is 10.3 Å². The topological polar surface area (TPSA) is 42.0 Å². The molecule has 0 bridgehead atoms. The number of amides is 1. The van der Waals surface area contributed by atoms with E-state index in [0.29, 0.717) is 16.6 Å². The van der Waals surface area contributed by atoms with Gasteiger partial charge in [0.05, 0.1) is 0 Å². The van der Waals surface area contributed by atoms with Crippen molar-refractivity contribution >= 4 is 29.3 Å². The highest BCUT2D eigenvalue weighted by Crippen LogP contribution is 2.22. The molecule has 1 unspecified atom stereocenters. The van der Waals surface area contributed by atoms with Crippen LogP contribution in [0.2, 0.25) is 5.02 Å². The van der Waals surface area contributed by atoms with E-state index in [-0.39, 0.29) is 5.91 Å². The van der Waals surface area contributed by atoms with Gasteiger partial charge in [-0.05, 0) is 36.0 Å². The maximum atomic E-state index is 11.7. The largest absolute Gasteiger partial charge is 0.350 e. The van der Waals surface area contributed by atoms with Crippen LogP contribution < -0.4 is 5.32 Å². The molecule has 0 saturated carbocycles. The molecular weight excluding hydrogens is 244 g/mol. The maximum absolute atomic E-state index is 11.7. The van der Waals surface area contributed by atoms with Crippen LogP contribution in [-0.2, 0) is 0 Å². The van der Waals surface area contributed by atoms with Gasteiger partial charge in [-0.15, -0.1) is 0 Å². The van der Waals surface area contributed by atoms with Crippen LogP contribution in [0.4, 0.5) is 0 Å². The average molecular weight is 257 g/mol. The van der Waals surface area contributed by atoms with Crippen molar-refractivity contribution in [1.82, 2.24) is 10.3 Å². The first-order valence-corrected chi connectivity index (χ1v) is 6.76. The van der Waals surface area contributed by atoms with Crippen molar-refractivity contribution < 1.29 is 4.79 Å². The van der Waals surface area contributed by atoms with Gasteiger partial charge in [-0.25, -0.2) is 0 Å². The Hall–Kier alpha value is -0.740. The van der Waals surface area contributed by atoms with Crippen LogP contribution in [0.5, 0.6) is 0 Å². The quantitative estimate of drug-likeness (QED) is 0.902. The molecule has 1 aromatic heterocycles.